The Morgan fingerprint density at radius 3 is 2.60 bits per heavy atom. The van der Waals surface area contributed by atoms with Gasteiger partial charge in [-0.2, -0.15) is 0 Å². The molecule has 0 spiro atoms. The first kappa shape index (κ1) is 16.4. The molecule has 0 aliphatic heterocycles. The number of methoxy groups -OCH3 is 1. The van der Waals surface area contributed by atoms with Gasteiger partial charge in [-0.25, -0.2) is 4.39 Å². The highest BCUT2D eigenvalue weighted by atomic mass is 19.1. The molecule has 5 heteroatoms. The Bertz CT molecular complexity index is 458. The Balaban J connectivity index is 3.11. The molecule has 20 heavy (non-hydrogen) atoms. The minimum absolute atomic E-state index is 0.110. The number of halogens is 1. The van der Waals surface area contributed by atoms with E-state index >= 15 is 0 Å². The summed E-state index contributed by atoms with van der Waals surface area (Å²) in [4.78, 5) is 12.1. The molecule has 0 aromatic heterocycles. The van der Waals surface area contributed by atoms with Gasteiger partial charge in [0.1, 0.15) is 0 Å². The number of ether oxygens (including phenoxy) is 2. The fourth-order valence-electron chi connectivity index (χ4n) is 2.14. The van der Waals surface area contributed by atoms with Gasteiger partial charge in [-0.05, 0) is 31.4 Å². The molecule has 1 rings (SSSR count). The SMILES string of the molecule is CCOC(=O)C(CC)(CN)Cc1cccc(OC)c1F. The third-order valence-corrected chi connectivity index (χ3v) is 3.57. The quantitative estimate of drug-likeness (QED) is 0.780. The van der Waals surface area contributed by atoms with Gasteiger partial charge in [-0.15, -0.1) is 0 Å². The molecule has 0 aliphatic rings. The largest absolute Gasteiger partial charge is 0.494 e. The predicted molar refractivity (Wildman–Crippen MR) is 75.1 cm³/mol. The summed E-state index contributed by atoms with van der Waals surface area (Å²) in [5.74, 6) is -0.675. The molecule has 0 saturated heterocycles. The molecule has 0 aliphatic carbocycles. The van der Waals surface area contributed by atoms with Gasteiger partial charge >= 0.3 is 5.97 Å². The Hall–Kier alpha value is -1.62. The van der Waals surface area contributed by atoms with Crippen LogP contribution in [0.1, 0.15) is 25.8 Å². The van der Waals surface area contributed by atoms with E-state index in [0.29, 0.717) is 12.0 Å². The molecule has 1 aromatic carbocycles. The van der Waals surface area contributed by atoms with Gasteiger partial charge < -0.3 is 15.2 Å². The molecule has 1 aromatic rings. The lowest BCUT2D eigenvalue weighted by atomic mass is 9.79. The number of hydrogen-bond acceptors (Lipinski definition) is 4. The number of carbonyl (C=O) groups is 1. The van der Waals surface area contributed by atoms with Crippen LogP contribution in [0, 0.1) is 11.2 Å². The Labute approximate surface area is 119 Å². The van der Waals surface area contributed by atoms with Gasteiger partial charge in [0, 0.05) is 6.54 Å². The van der Waals surface area contributed by atoms with Crippen LogP contribution >= 0.6 is 0 Å². The van der Waals surface area contributed by atoms with Crippen LogP contribution in [0.3, 0.4) is 0 Å². The van der Waals surface area contributed by atoms with Crippen molar-refractivity contribution in [2.75, 3.05) is 20.3 Å². The Kier molecular flexibility index (Phi) is 5.95. The van der Waals surface area contributed by atoms with Gasteiger partial charge in [0.25, 0.3) is 0 Å². The lowest BCUT2D eigenvalue weighted by molar-refractivity contribution is -0.155. The van der Waals surface area contributed by atoms with E-state index in [1.807, 2.05) is 6.92 Å². The second kappa shape index (κ2) is 7.24. The normalized spacial score (nSPS) is 13.7. The second-order valence-electron chi connectivity index (χ2n) is 4.67. The average Bonchev–Trinajstić information content (AvgIpc) is 2.46. The van der Waals surface area contributed by atoms with Crippen LogP contribution < -0.4 is 10.5 Å². The van der Waals surface area contributed by atoms with Crippen molar-refractivity contribution in [1.29, 1.82) is 0 Å². The Morgan fingerprint density at radius 2 is 2.10 bits per heavy atom. The number of hydrogen-bond donors (Lipinski definition) is 1. The van der Waals surface area contributed by atoms with Crippen molar-refractivity contribution in [2.24, 2.45) is 11.1 Å². The van der Waals surface area contributed by atoms with Gasteiger partial charge in [-0.1, -0.05) is 19.1 Å². The number of carbonyl (C=O) groups excluding carboxylic acids is 1. The van der Waals surface area contributed by atoms with Crippen LogP contribution in [-0.2, 0) is 16.0 Å². The first-order valence-electron chi connectivity index (χ1n) is 6.73. The highest BCUT2D eigenvalue weighted by molar-refractivity contribution is 5.77. The summed E-state index contributed by atoms with van der Waals surface area (Å²) >= 11 is 0. The second-order valence-corrected chi connectivity index (χ2v) is 4.67. The first-order valence-corrected chi connectivity index (χ1v) is 6.73. The minimum atomic E-state index is -0.900. The fourth-order valence-corrected chi connectivity index (χ4v) is 2.14. The van der Waals surface area contributed by atoms with E-state index in [4.69, 9.17) is 15.2 Å². The van der Waals surface area contributed by atoms with Crippen LogP contribution in [0.25, 0.3) is 0 Å². The molecule has 2 N–H and O–H groups in total. The molecule has 0 bridgehead atoms. The van der Waals surface area contributed by atoms with E-state index in [9.17, 15) is 9.18 Å². The Morgan fingerprint density at radius 1 is 1.40 bits per heavy atom. The molecule has 0 amide bonds. The molecule has 0 heterocycles. The van der Waals surface area contributed by atoms with E-state index in [1.165, 1.54) is 7.11 Å². The summed E-state index contributed by atoms with van der Waals surface area (Å²) in [5.41, 5.74) is 5.27. The molecule has 112 valence electrons. The smallest absolute Gasteiger partial charge is 0.313 e. The summed E-state index contributed by atoms with van der Waals surface area (Å²) in [6, 6.07) is 4.87. The maximum Gasteiger partial charge on any atom is 0.313 e. The van der Waals surface area contributed by atoms with Crippen LogP contribution in [0.4, 0.5) is 4.39 Å². The van der Waals surface area contributed by atoms with Crippen molar-refractivity contribution >= 4 is 5.97 Å². The van der Waals surface area contributed by atoms with Crippen molar-refractivity contribution < 1.29 is 18.7 Å². The van der Waals surface area contributed by atoms with E-state index in [-0.39, 0.29) is 31.3 Å². The maximum atomic E-state index is 14.2. The van der Waals surface area contributed by atoms with Crippen molar-refractivity contribution in [3.63, 3.8) is 0 Å². The third kappa shape index (κ3) is 3.28. The summed E-state index contributed by atoms with van der Waals surface area (Å²) in [7, 11) is 1.41. The number of nitrogens with two attached hydrogens (primary N) is 1. The predicted octanol–water partition coefficient (Wildman–Crippen LogP) is 2.29. The van der Waals surface area contributed by atoms with Crippen molar-refractivity contribution in [3.8, 4) is 5.75 Å². The monoisotopic (exact) mass is 283 g/mol. The van der Waals surface area contributed by atoms with E-state index in [2.05, 4.69) is 0 Å². The standard InChI is InChI=1S/C15H22FNO3/c1-4-15(10-17,14(18)20-5-2)9-11-7-6-8-12(19-3)13(11)16/h6-8H,4-5,9-10,17H2,1-3H3. The summed E-state index contributed by atoms with van der Waals surface area (Å²) in [6.45, 7) is 3.98. The topological polar surface area (TPSA) is 61.5 Å². The highest BCUT2D eigenvalue weighted by Gasteiger charge is 2.38. The van der Waals surface area contributed by atoms with E-state index < -0.39 is 11.2 Å². The zero-order valence-corrected chi connectivity index (χ0v) is 12.2. The number of benzene rings is 1. The molecular formula is C15H22FNO3. The zero-order chi connectivity index (χ0) is 15.2. The average molecular weight is 283 g/mol. The van der Waals surface area contributed by atoms with E-state index in [1.54, 1.807) is 25.1 Å². The summed E-state index contributed by atoms with van der Waals surface area (Å²) in [5, 5.41) is 0. The van der Waals surface area contributed by atoms with Gasteiger partial charge in [0.2, 0.25) is 0 Å². The van der Waals surface area contributed by atoms with Gasteiger partial charge in [0.05, 0.1) is 19.1 Å². The lowest BCUT2D eigenvalue weighted by Crippen LogP contribution is -2.41. The highest BCUT2D eigenvalue weighted by Crippen LogP contribution is 2.31. The molecule has 4 nitrogen and oxygen atoms in total. The van der Waals surface area contributed by atoms with Gasteiger partial charge in [-0.3, -0.25) is 4.79 Å². The molecular weight excluding hydrogens is 261 g/mol. The molecule has 0 saturated carbocycles. The van der Waals surface area contributed by atoms with Crippen molar-refractivity contribution in [1.82, 2.24) is 0 Å². The van der Waals surface area contributed by atoms with Crippen molar-refractivity contribution in [3.05, 3.63) is 29.6 Å². The summed E-state index contributed by atoms with van der Waals surface area (Å²) < 4.78 is 24.2. The van der Waals surface area contributed by atoms with E-state index in [0.717, 1.165) is 0 Å². The third-order valence-electron chi connectivity index (χ3n) is 3.57. The molecule has 0 fully saturated rings. The fraction of sp³-hybridized carbons (Fsp3) is 0.533. The van der Waals surface area contributed by atoms with Crippen LogP contribution in [0.2, 0.25) is 0 Å². The van der Waals surface area contributed by atoms with Gasteiger partial charge in [0.15, 0.2) is 11.6 Å². The summed E-state index contributed by atoms with van der Waals surface area (Å²) in [6.07, 6.45) is 0.681. The zero-order valence-electron chi connectivity index (χ0n) is 12.2. The maximum absolute atomic E-state index is 14.2. The van der Waals surface area contributed by atoms with Crippen LogP contribution in [-0.4, -0.2) is 26.2 Å². The number of esters is 1. The lowest BCUT2D eigenvalue weighted by Gasteiger charge is -2.29. The van der Waals surface area contributed by atoms with Crippen molar-refractivity contribution in [2.45, 2.75) is 26.7 Å². The molecule has 0 radical (unpaired) electrons. The van der Waals surface area contributed by atoms with Crippen LogP contribution in [0.15, 0.2) is 18.2 Å². The van der Waals surface area contributed by atoms with Crippen LogP contribution in [0.5, 0.6) is 5.75 Å². The first-order chi connectivity index (χ1) is 9.54. The molecule has 1 unspecified atom stereocenters. The number of rotatable bonds is 7. The molecule has 1 atom stereocenters. The minimum Gasteiger partial charge on any atom is -0.494 e.